The van der Waals surface area contributed by atoms with Gasteiger partial charge in [-0.2, -0.15) is 0 Å². The van der Waals surface area contributed by atoms with E-state index in [1.807, 2.05) is 13.8 Å². The summed E-state index contributed by atoms with van der Waals surface area (Å²) >= 11 is 0. The summed E-state index contributed by atoms with van der Waals surface area (Å²) < 4.78 is 5.31. The number of amides is 1. The first-order chi connectivity index (χ1) is 8.50. The summed E-state index contributed by atoms with van der Waals surface area (Å²) in [7, 11) is 0. The average Bonchev–Trinajstić information content (AvgIpc) is 2.71. The second kappa shape index (κ2) is 5.26. The van der Waals surface area contributed by atoms with Crippen LogP contribution in [-0.2, 0) is 14.3 Å². The molecule has 0 spiro atoms. The largest absolute Gasteiger partial charge is 0.481 e. The van der Waals surface area contributed by atoms with E-state index in [0.29, 0.717) is 38.5 Å². The smallest absolute Gasteiger partial charge is 0.307 e. The predicted molar refractivity (Wildman–Crippen MR) is 65.0 cm³/mol. The highest BCUT2D eigenvalue weighted by Gasteiger charge is 2.43. The first kappa shape index (κ1) is 13.3. The van der Waals surface area contributed by atoms with E-state index in [1.54, 1.807) is 4.90 Å². The maximum atomic E-state index is 12.5. The summed E-state index contributed by atoms with van der Waals surface area (Å²) in [4.78, 5) is 25.5. The Morgan fingerprint density at radius 2 is 1.89 bits per heavy atom. The van der Waals surface area contributed by atoms with E-state index in [9.17, 15) is 14.7 Å². The Morgan fingerprint density at radius 1 is 1.22 bits per heavy atom. The van der Waals surface area contributed by atoms with Crippen LogP contribution in [0, 0.1) is 17.8 Å². The molecule has 2 fully saturated rings. The number of ether oxygens (including phenoxy) is 1. The number of morpholine rings is 1. The van der Waals surface area contributed by atoms with Crippen molar-refractivity contribution < 1.29 is 19.4 Å². The van der Waals surface area contributed by atoms with Crippen LogP contribution in [0.25, 0.3) is 0 Å². The molecule has 5 nitrogen and oxygen atoms in total. The molecule has 0 aromatic heterocycles. The molecule has 0 aromatic rings. The Labute approximate surface area is 107 Å². The third-order valence-electron chi connectivity index (χ3n) is 4.08. The molecule has 1 aliphatic carbocycles. The third-order valence-corrected chi connectivity index (χ3v) is 4.08. The summed E-state index contributed by atoms with van der Waals surface area (Å²) in [5, 5.41) is 9.22. The Morgan fingerprint density at radius 3 is 2.50 bits per heavy atom. The van der Waals surface area contributed by atoms with Crippen molar-refractivity contribution in [2.24, 2.45) is 17.8 Å². The topological polar surface area (TPSA) is 66.8 Å². The molecular weight excluding hydrogens is 234 g/mol. The lowest BCUT2D eigenvalue weighted by molar-refractivity contribution is -0.152. The van der Waals surface area contributed by atoms with Gasteiger partial charge in [0.25, 0.3) is 0 Å². The van der Waals surface area contributed by atoms with Crippen LogP contribution in [0.3, 0.4) is 0 Å². The van der Waals surface area contributed by atoms with E-state index in [1.165, 1.54) is 0 Å². The second-order valence-corrected chi connectivity index (χ2v) is 5.58. The highest BCUT2D eigenvalue weighted by Crippen LogP contribution is 2.38. The molecule has 4 atom stereocenters. The van der Waals surface area contributed by atoms with Gasteiger partial charge in [-0.15, -0.1) is 0 Å². The highest BCUT2D eigenvalue weighted by atomic mass is 16.5. The molecule has 2 rings (SSSR count). The minimum atomic E-state index is -0.835. The normalized spacial score (nSPS) is 36.7. The molecule has 1 N–H and O–H groups in total. The van der Waals surface area contributed by atoms with Crippen molar-refractivity contribution in [2.45, 2.75) is 32.7 Å². The Hall–Kier alpha value is -1.10. The van der Waals surface area contributed by atoms with Gasteiger partial charge in [-0.05, 0) is 25.7 Å². The van der Waals surface area contributed by atoms with E-state index in [4.69, 9.17) is 4.74 Å². The van der Waals surface area contributed by atoms with Crippen molar-refractivity contribution in [3.05, 3.63) is 0 Å². The zero-order valence-corrected chi connectivity index (χ0v) is 11.0. The van der Waals surface area contributed by atoms with Gasteiger partial charge in [0.05, 0.1) is 31.1 Å². The SMILES string of the molecule is CC1CC(C(=O)O)C(C(=O)N2CCOCC2C)C1. The first-order valence-corrected chi connectivity index (χ1v) is 6.61. The van der Waals surface area contributed by atoms with Crippen LogP contribution in [0.1, 0.15) is 26.7 Å². The van der Waals surface area contributed by atoms with Crippen molar-refractivity contribution in [3.8, 4) is 0 Å². The van der Waals surface area contributed by atoms with Crippen molar-refractivity contribution in [1.82, 2.24) is 4.90 Å². The van der Waals surface area contributed by atoms with Crippen LogP contribution < -0.4 is 0 Å². The molecule has 0 aromatic carbocycles. The lowest BCUT2D eigenvalue weighted by Gasteiger charge is -2.35. The zero-order chi connectivity index (χ0) is 13.3. The van der Waals surface area contributed by atoms with Crippen molar-refractivity contribution in [1.29, 1.82) is 0 Å². The maximum absolute atomic E-state index is 12.5. The van der Waals surface area contributed by atoms with Crippen molar-refractivity contribution >= 4 is 11.9 Å². The third kappa shape index (κ3) is 2.51. The van der Waals surface area contributed by atoms with E-state index in [2.05, 4.69) is 0 Å². The van der Waals surface area contributed by atoms with Gasteiger partial charge in [-0.1, -0.05) is 6.92 Å². The van der Waals surface area contributed by atoms with Gasteiger partial charge in [0.2, 0.25) is 5.91 Å². The fourth-order valence-corrected chi connectivity index (χ4v) is 3.11. The lowest BCUT2D eigenvalue weighted by Crippen LogP contribution is -2.50. The molecule has 0 radical (unpaired) electrons. The Bertz CT molecular complexity index is 344. The number of carboxylic acid groups (broad SMARTS) is 1. The summed E-state index contributed by atoms with van der Waals surface area (Å²) in [6, 6.07) is 0.0524. The number of hydrogen-bond donors (Lipinski definition) is 1. The monoisotopic (exact) mass is 255 g/mol. The summed E-state index contributed by atoms with van der Waals surface area (Å²) in [5.41, 5.74) is 0. The number of hydrogen-bond acceptors (Lipinski definition) is 3. The van der Waals surface area contributed by atoms with Gasteiger partial charge in [0.15, 0.2) is 0 Å². The minimum Gasteiger partial charge on any atom is -0.481 e. The van der Waals surface area contributed by atoms with Crippen LogP contribution in [0.15, 0.2) is 0 Å². The molecular formula is C13H21NO4. The quantitative estimate of drug-likeness (QED) is 0.798. The van der Waals surface area contributed by atoms with Gasteiger partial charge in [0, 0.05) is 6.54 Å². The van der Waals surface area contributed by atoms with Crippen molar-refractivity contribution in [2.75, 3.05) is 19.8 Å². The predicted octanol–water partition coefficient (Wildman–Crippen LogP) is 0.981. The fraction of sp³-hybridized carbons (Fsp3) is 0.846. The fourth-order valence-electron chi connectivity index (χ4n) is 3.11. The second-order valence-electron chi connectivity index (χ2n) is 5.58. The number of carboxylic acids is 1. The van der Waals surface area contributed by atoms with Gasteiger partial charge in [0.1, 0.15) is 0 Å². The van der Waals surface area contributed by atoms with E-state index < -0.39 is 11.9 Å². The average molecular weight is 255 g/mol. The van der Waals surface area contributed by atoms with Crippen LogP contribution in [0.4, 0.5) is 0 Å². The molecule has 1 aliphatic heterocycles. The minimum absolute atomic E-state index is 0.00236. The van der Waals surface area contributed by atoms with E-state index >= 15 is 0 Å². The molecule has 1 heterocycles. The summed E-state index contributed by atoms with van der Waals surface area (Å²) in [6.07, 6.45) is 1.31. The molecule has 1 saturated heterocycles. The van der Waals surface area contributed by atoms with Crippen LogP contribution in [-0.4, -0.2) is 47.7 Å². The molecule has 18 heavy (non-hydrogen) atoms. The van der Waals surface area contributed by atoms with Crippen molar-refractivity contribution in [3.63, 3.8) is 0 Å². The van der Waals surface area contributed by atoms with E-state index in [0.717, 1.165) is 0 Å². The highest BCUT2D eigenvalue weighted by molar-refractivity contribution is 5.85. The number of aliphatic carboxylic acids is 1. The molecule has 2 aliphatic rings. The molecule has 1 amide bonds. The first-order valence-electron chi connectivity index (χ1n) is 6.61. The Kier molecular flexibility index (Phi) is 3.90. The molecule has 1 saturated carbocycles. The molecule has 0 bridgehead atoms. The number of nitrogens with zero attached hydrogens (tertiary/aromatic N) is 1. The summed E-state index contributed by atoms with van der Waals surface area (Å²) in [5.74, 6) is -1.38. The summed E-state index contributed by atoms with van der Waals surface area (Å²) in [6.45, 7) is 5.65. The van der Waals surface area contributed by atoms with Crippen LogP contribution >= 0.6 is 0 Å². The lowest BCUT2D eigenvalue weighted by atomic mass is 9.94. The van der Waals surface area contributed by atoms with Gasteiger partial charge < -0.3 is 14.7 Å². The van der Waals surface area contributed by atoms with Gasteiger partial charge >= 0.3 is 5.97 Å². The van der Waals surface area contributed by atoms with Gasteiger partial charge in [-0.25, -0.2) is 0 Å². The zero-order valence-electron chi connectivity index (χ0n) is 11.0. The van der Waals surface area contributed by atoms with Gasteiger partial charge in [-0.3, -0.25) is 9.59 Å². The number of carbonyl (C=O) groups is 2. The maximum Gasteiger partial charge on any atom is 0.307 e. The van der Waals surface area contributed by atoms with Crippen LogP contribution in [0.5, 0.6) is 0 Å². The standard InChI is InChI=1S/C13H21NO4/c1-8-5-10(11(6-8)13(16)17)12(15)14-3-4-18-7-9(14)2/h8-11H,3-7H2,1-2H3,(H,16,17). The van der Waals surface area contributed by atoms with E-state index in [-0.39, 0.29) is 17.9 Å². The number of carbonyl (C=O) groups excluding carboxylic acids is 1. The number of rotatable bonds is 2. The Balaban J connectivity index is 2.09. The molecule has 5 heteroatoms. The molecule has 102 valence electrons. The van der Waals surface area contributed by atoms with Crippen LogP contribution in [0.2, 0.25) is 0 Å². The molecule has 4 unspecified atom stereocenters.